The maximum atomic E-state index is 5.82. The van der Waals surface area contributed by atoms with E-state index < -0.39 is 0 Å². The van der Waals surface area contributed by atoms with E-state index >= 15 is 0 Å². The number of benzene rings is 1. The number of hydrogen-bond donors (Lipinski definition) is 2. The van der Waals surface area contributed by atoms with E-state index in [0.717, 1.165) is 71.2 Å². The highest BCUT2D eigenvalue weighted by molar-refractivity contribution is 14.0. The van der Waals surface area contributed by atoms with Crippen molar-refractivity contribution in [2.24, 2.45) is 10.9 Å². The van der Waals surface area contributed by atoms with E-state index in [-0.39, 0.29) is 30.1 Å². The number of guanidine groups is 1. The molecule has 170 valence electrons. The van der Waals surface area contributed by atoms with Crippen LogP contribution >= 0.6 is 24.0 Å². The Kier molecular flexibility index (Phi) is 11.4. The molecule has 1 saturated heterocycles. The zero-order valence-electron chi connectivity index (χ0n) is 18.7. The molecule has 0 bridgehead atoms. The first-order valence-corrected chi connectivity index (χ1v) is 11.1. The minimum atomic E-state index is 0. The zero-order valence-corrected chi connectivity index (χ0v) is 21.1. The van der Waals surface area contributed by atoms with Gasteiger partial charge in [-0.1, -0.05) is 38.1 Å². The van der Waals surface area contributed by atoms with Crippen LogP contribution in [0.15, 0.2) is 29.3 Å². The molecule has 0 saturated carbocycles. The Hall–Kier alpha value is -0.900. The lowest BCUT2D eigenvalue weighted by Crippen LogP contribution is -2.50. The highest BCUT2D eigenvalue weighted by atomic mass is 127. The molecule has 6 nitrogen and oxygen atoms in total. The highest BCUT2D eigenvalue weighted by Gasteiger charge is 2.25. The lowest BCUT2D eigenvalue weighted by atomic mass is 9.95. The van der Waals surface area contributed by atoms with Crippen LogP contribution in [-0.2, 0) is 22.4 Å². The fraction of sp³-hybridized carbons (Fsp3) is 0.696. The zero-order chi connectivity index (χ0) is 20.5. The largest absolute Gasteiger partial charge is 0.379 e. The van der Waals surface area contributed by atoms with Crippen molar-refractivity contribution in [1.82, 2.24) is 15.5 Å². The van der Waals surface area contributed by atoms with Crippen LogP contribution in [0.5, 0.6) is 0 Å². The molecular formula is C23H39IN4O2. The summed E-state index contributed by atoms with van der Waals surface area (Å²) in [6.45, 7) is 10.9. The van der Waals surface area contributed by atoms with E-state index in [2.05, 4.69) is 58.6 Å². The maximum absolute atomic E-state index is 5.82. The summed E-state index contributed by atoms with van der Waals surface area (Å²) in [4.78, 5) is 7.01. The fourth-order valence-corrected chi connectivity index (χ4v) is 4.18. The van der Waals surface area contributed by atoms with Crippen molar-refractivity contribution >= 4 is 29.9 Å². The molecule has 30 heavy (non-hydrogen) atoms. The Morgan fingerprint density at radius 2 is 2.07 bits per heavy atom. The molecule has 2 atom stereocenters. The van der Waals surface area contributed by atoms with Gasteiger partial charge in [0.05, 0.1) is 12.7 Å². The van der Waals surface area contributed by atoms with Crippen LogP contribution in [0.2, 0.25) is 0 Å². The van der Waals surface area contributed by atoms with Gasteiger partial charge in [0.1, 0.15) is 0 Å². The molecule has 2 unspecified atom stereocenters. The molecule has 2 N–H and O–H groups in total. The Balaban J connectivity index is 0.00000320. The third-order valence-electron chi connectivity index (χ3n) is 5.96. The van der Waals surface area contributed by atoms with E-state index in [1.807, 2.05) is 7.05 Å². The first-order valence-electron chi connectivity index (χ1n) is 11.1. The van der Waals surface area contributed by atoms with Gasteiger partial charge in [-0.05, 0) is 36.3 Å². The van der Waals surface area contributed by atoms with Crippen LogP contribution in [0.4, 0.5) is 0 Å². The highest BCUT2D eigenvalue weighted by Crippen LogP contribution is 2.22. The summed E-state index contributed by atoms with van der Waals surface area (Å²) in [6.07, 6.45) is 3.41. The monoisotopic (exact) mass is 530 g/mol. The van der Waals surface area contributed by atoms with Crippen molar-refractivity contribution in [3.8, 4) is 0 Å². The molecule has 0 aromatic heterocycles. The predicted octanol–water partition coefficient (Wildman–Crippen LogP) is 3.05. The molecule has 2 heterocycles. The van der Waals surface area contributed by atoms with Gasteiger partial charge in [-0.2, -0.15) is 0 Å². The lowest BCUT2D eigenvalue weighted by Gasteiger charge is -2.38. The van der Waals surface area contributed by atoms with Crippen LogP contribution in [0.3, 0.4) is 0 Å². The quantitative estimate of drug-likeness (QED) is 0.223. The van der Waals surface area contributed by atoms with E-state index in [4.69, 9.17) is 9.47 Å². The second kappa shape index (κ2) is 13.5. The minimum Gasteiger partial charge on any atom is -0.379 e. The van der Waals surface area contributed by atoms with E-state index in [1.54, 1.807) is 0 Å². The van der Waals surface area contributed by atoms with Crippen molar-refractivity contribution in [2.75, 3.05) is 46.5 Å². The minimum absolute atomic E-state index is 0. The van der Waals surface area contributed by atoms with Gasteiger partial charge in [-0.25, -0.2) is 0 Å². The topological polar surface area (TPSA) is 58.1 Å². The third-order valence-corrected chi connectivity index (χ3v) is 5.96. The van der Waals surface area contributed by atoms with Crippen molar-refractivity contribution in [1.29, 1.82) is 0 Å². The predicted molar refractivity (Wildman–Crippen MR) is 134 cm³/mol. The first kappa shape index (κ1) is 25.4. The molecule has 1 fully saturated rings. The molecular weight excluding hydrogens is 491 g/mol. The maximum Gasteiger partial charge on any atom is 0.191 e. The number of fused-ring (bicyclic) bond motifs is 1. The molecule has 3 rings (SSSR count). The summed E-state index contributed by atoms with van der Waals surface area (Å²) in [7, 11) is 1.84. The SMILES string of the molecule is CN=C(NCCCOC1CCOC1)NCC(C(C)C)N1CCc2ccccc2C1.I. The summed E-state index contributed by atoms with van der Waals surface area (Å²) < 4.78 is 11.2. The molecule has 0 amide bonds. The summed E-state index contributed by atoms with van der Waals surface area (Å²) in [5.41, 5.74) is 2.97. The van der Waals surface area contributed by atoms with E-state index in [1.165, 1.54) is 11.1 Å². The first-order chi connectivity index (χ1) is 14.2. The van der Waals surface area contributed by atoms with Crippen LogP contribution in [0.1, 0.15) is 37.8 Å². The van der Waals surface area contributed by atoms with E-state index in [9.17, 15) is 0 Å². The van der Waals surface area contributed by atoms with Gasteiger partial charge in [-0.15, -0.1) is 24.0 Å². The summed E-state index contributed by atoms with van der Waals surface area (Å²) >= 11 is 0. The molecule has 0 aliphatic carbocycles. The number of hydrogen-bond acceptors (Lipinski definition) is 4. The normalized spacial score (nSPS) is 20.5. The van der Waals surface area contributed by atoms with Crippen molar-refractivity contribution in [2.45, 2.75) is 51.8 Å². The summed E-state index contributed by atoms with van der Waals surface area (Å²) in [5.74, 6) is 1.45. The van der Waals surface area contributed by atoms with Crippen molar-refractivity contribution in [3.63, 3.8) is 0 Å². The van der Waals surface area contributed by atoms with Gasteiger partial charge in [-0.3, -0.25) is 9.89 Å². The van der Waals surface area contributed by atoms with Gasteiger partial charge >= 0.3 is 0 Å². The van der Waals surface area contributed by atoms with Crippen molar-refractivity contribution in [3.05, 3.63) is 35.4 Å². The Labute approximate surface area is 199 Å². The van der Waals surface area contributed by atoms with Crippen LogP contribution < -0.4 is 10.6 Å². The van der Waals surface area contributed by atoms with Crippen LogP contribution in [0, 0.1) is 5.92 Å². The molecule has 1 aromatic carbocycles. The summed E-state index contributed by atoms with van der Waals surface area (Å²) in [6, 6.07) is 9.32. The van der Waals surface area contributed by atoms with Gasteiger partial charge in [0.2, 0.25) is 0 Å². The Morgan fingerprint density at radius 3 is 2.77 bits per heavy atom. The Bertz CT molecular complexity index is 650. The molecule has 2 aliphatic heterocycles. The lowest BCUT2D eigenvalue weighted by molar-refractivity contribution is 0.0420. The number of ether oxygens (including phenoxy) is 2. The standard InChI is InChI=1S/C23H38N4O2.HI/c1-18(2)22(27-12-9-19-7-4-5-8-20(19)16-27)15-26-23(24-3)25-11-6-13-29-21-10-14-28-17-21;/h4-5,7-8,18,21-22H,6,9-17H2,1-3H3,(H2,24,25,26);1H. The van der Waals surface area contributed by atoms with Gasteiger partial charge in [0, 0.05) is 52.5 Å². The smallest absolute Gasteiger partial charge is 0.191 e. The third kappa shape index (κ3) is 7.66. The number of nitrogens with one attached hydrogen (secondary N) is 2. The van der Waals surface area contributed by atoms with Gasteiger partial charge in [0.25, 0.3) is 0 Å². The van der Waals surface area contributed by atoms with Crippen LogP contribution in [0.25, 0.3) is 0 Å². The molecule has 0 radical (unpaired) electrons. The molecule has 1 aromatic rings. The average molecular weight is 530 g/mol. The van der Waals surface area contributed by atoms with Gasteiger partial charge < -0.3 is 20.1 Å². The number of nitrogens with zero attached hydrogens (tertiary/aromatic N) is 2. The second-order valence-electron chi connectivity index (χ2n) is 8.39. The second-order valence-corrected chi connectivity index (χ2v) is 8.39. The van der Waals surface area contributed by atoms with Crippen molar-refractivity contribution < 1.29 is 9.47 Å². The van der Waals surface area contributed by atoms with E-state index in [0.29, 0.717) is 12.0 Å². The number of rotatable bonds is 9. The molecule has 2 aliphatic rings. The number of aliphatic imine (C=N–C) groups is 1. The Morgan fingerprint density at radius 1 is 1.27 bits per heavy atom. The van der Waals surface area contributed by atoms with Gasteiger partial charge in [0.15, 0.2) is 5.96 Å². The fourth-order valence-electron chi connectivity index (χ4n) is 4.18. The summed E-state index contributed by atoms with van der Waals surface area (Å²) in [5, 5.41) is 6.96. The molecule has 7 heteroatoms. The average Bonchev–Trinajstić information content (AvgIpc) is 3.25. The van der Waals surface area contributed by atoms with Crippen LogP contribution in [-0.4, -0.2) is 69.5 Å². The molecule has 0 spiro atoms. The number of halogens is 1.